The molecule has 1 amide bonds. The summed E-state index contributed by atoms with van der Waals surface area (Å²) in [5, 5.41) is 0. The lowest BCUT2D eigenvalue weighted by molar-refractivity contribution is -0.120. The number of esters is 1. The Balaban J connectivity index is 1.53. The van der Waals surface area contributed by atoms with Crippen molar-refractivity contribution in [1.29, 1.82) is 0 Å². The van der Waals surface area contributed by atoms with Gasteiger partial charge in [0.2, 0.25) is 0 Å². The summed E-state index contributed by atoms with van der Waals surface area (Å²) in [7, 11) is 1.32. The number of para-hydroxylation sites is 2. The smallest absolute Gasteiger partial charge is 0.337 e. The van der Waals surface area contributed by atoms with Crippen molar-refractivity contribution in [3.8, 4) is 11.5 Å². The molecular weight excluding hydrogens is 370 g/mol. The first-order chi connectivity index (χ1) is 14.2. The molecule has 0 saturated heterocycles. The number of hydrogen-bond acceptors (Lipinski definition) is 5. The van der Waals surface area contributed by atoms with E-state index in [1.165, 1.54) is 7.11 Å². The summed E-state index contributed by atoms with van der Waals surface area (Å²) in [6, 6.07) is 13.8. The van der Waals surface area contributed by atoms with E-state index in [0.29, 0.717) is 29.2 Å². The van der Waals surface area contributed by atoms with E-state index < -0.39 is 5.97 Å². The van der Waals surface area contributed by atoms with Gasteiger partial charge in [0.1, 0.15) is 11.5 Å². The molecule has 0 unspecified atom stereocenters. The van der Waals surface area contributed by atoms with Crippen LogP contribution in [0.1, 0.15) is 16.8 Å². The van der Waals surface area contributed by atoms with Crippen LogP contribution in [0.2, 0.25) is 0 Å². The number of methoxy groups -OCH3 is 1. The Morgan fingerprint density at radius 1 is 1.10 bits per heavy atom. The van der Waals surface area contributed by atoms with Crippen LogP contribution < -0.4 is 14.4 Å². The third-order valence-corrected chi connectivity index (χ3v) is 4.57. The molecule has 0 N–H and O–H groups in total. The van der Waals surface area contributed by atoms with Crippen LogP contribution in [0.25, 0.3) is 0 Å². The summed E-state index contributed by atoms with van der Waals surface area (Å²) >= 11 is 0. The van der Waals surface area contributed by atoms with Crippen LogP contribution in [-0.4, -0.2) is 25.6 Å². The summed E-state index contributed by atoms with van der Waals surface area (Å²) in [4.78, 5) is 26.0. The normalized spacial score (nSPS) is 14.4. The number of fused-ring (bicyclic) bond motifs is 2. The molecule has 2 aliphatic rings. The van der Waals surface area contributed by atoms with Gasteiger partial charge in [0.25, 0.3) is 5.91 Å². The second-order valence-electron chi connectivity index (χ2n) is 6.46. The third kappa shape index (κ3) is 3.91. The molecule has 6 nitrogen and oxygen atoms in total. The highest BCUT2D eigenvalue weighted by atomic mass is 16.5. The number of anilines is 1. The van der Waals surface area contributed by atoms with E-state index >= 15 is 0 Å². The van der Waals surface area contributed by atoms with Gasteiger partial charge in [-0.2, -0.15) is 0 Å². The van der Waals surface area contributed by atoms with E-state index in [9.17, 15) is 9.59 Å². The van der Waals surface area contributed by atoms with E-state index in [-0.39, 0.29) is 12.5 Å². The van der Waals surface area contributed by atoms with Crippen molar-refractivity contribution < 1.29 is 23.8 Å². The highest BCUT2D eigenvalue weighted by molar-refractivity contribution is 5.98. The lowest BCUT2D eigenvalue weighted by Gasteiger charge is -2.19. The molecule has 0 aromatic heterocycles. The average Bonchev–Trinajstić information content (AvgIpc) is 2.94. The fourth-order valence-corrected chi connectivity index (χ4v) is 3.09. The van der Waals surface area contributed by atoms with Crippen molar-refractivity contribution >= 4 is 17.6 Å². The molecule has 2 aromatic rings. The first kappa shape index (κ1) is 18.6. The first-order valence-electron chi connectivity index (χ1n) is 9.14. The molecule has 0 radical (unpaired) electrons. The summed E-state index contributed by atoms with van der Waals surface area (Å²) < 4.78 is 16.3. The molecule has 6 heteroatoms. The van der Waals surface area contributed by atoms with E-state index in [1.54, 1.807) is 35.4 Å². The standard InChI is InChI=1S/C23H19NO5/c1-27-23(26)16-10-12-18(13-11-16)28-15-22(25)24-14-17-6-2-4-8-20(17)29-21-9-5-3-7-19(21)24/h2-5,7-14H,6,15H2,1H3. The quantitative estimate of drug-likeness (QED) is 0.740. The van der Waals surface area contributed by atoms with Gasteiger partial charge >= 0.3 is 5.97 Å². The Labute approximate surface area is 168 Å². The van der Waals surface area contributed by atoms with Crippen LogP contribution in [0.5, 0.6) is 11.5 Å². The molecule has 4 rings (SSSR count). The predicted octanol–water partition coefficient (Wildman–Crippen LogP) is 4.01. The number of carbonyl (C=O) groups is 2. The number of ether oxygens (including phenoxy) is 3. The zero-order valence-corrected chi connectivity index (χ0v) is 15.8. The van der Waals surface area contributed by atoms with Crippen molar-refractivity contribution in [2.75, 3.05) is 18.6 Å². The van der Waals surface area contributed by atoms with Gasteiger partial charge in [-0.05, 0) is 48.9 Å². The SMILES string of the molecule is COC(=O)c1ccc(OCC(=O)N2C=C3CC=CC=C3Oc3ccccc32)cc1. The minimum atomic E-state index is -0.425. The lowest BCUT2D eigenvalue weighted by atomic mass is 10.1. The van der Waals surface area contributed by atoms with Gasteiger partial charge in [0.15, 0.2) is 12.4 Å². The van der Waals surface area contributed by atoms with Crippen molar-refractivity contribution in [2.24, 2.45) is 0 Å². The maximum Gasteiger partial charge on any atom is 0.337 e. The van der Waals surface area contributed by atoms with E-state index in [0.717, 1.165) is 11.3 Å². The molecule has 0 spiro atoms. The number of allylic oxidation sites excluding steroid dienone is 4. The predicted molar refractivity (Wildman–Crippen MR) is 108 cm³/mol. The summed E-state index contributed by atoms with van der Waals surface area (Å²) in [6.07, 6.45) is 8.32. The van der Waals surface area contributed by atoms with Crippen LogP contribution >= 0.6 is 0 Å². The average molecular weight is 389 g/mol. The molecule has 1 aliphatic carbocycles. The number of carbonyl (C=O) groups excluding carboxylic acids is 2. The summed E-state index contributed by atoms with van der Waals surface area (Å²) in [5.74, 6) is 1.16. The molecule has 0 fully saturated rings. The number of nitrogens with zero attached hydrogens (tertiary/aromatic N) is 1. The third-order valence-electron chi connectivity index (χ3n) is 4.57. The van der Waals surface area contributed by atoms with Crippen molar-refractivity contribution in [2.45, 2.75) is 6.42 Å². The minimum absolute atomic E-state index is 0.162. The monoisotopic (exact) mass is 389 g/mol. The number of benzene rings is 2. The lowest BCUT2D eigenvalue weighted by Crippen LogP contribution is -2.30. The molecule has 1 heterocycles. The topological polar surface area (TPSA) is 65.1 Å². The van der Waals surface area contributed by atoms with Gasteiger partial charge in [-0.15, -0.1) is 0 Å². The molecule has 0 atom stereocenters. The van der Waals surface area contributed by atoms with Crippen molar-refractivity contribution in [1.82, 2.24) is 0 Å². The maximum atomic E-state index is 13.0. The Kier molecular flexibility index (Phi) is 5.16. The maximum absolute atomic E-state index is 13.0. The highest BCUT2D eigenvalue weighted by Crippen LogP contribution is 2.36. The summed E-state index contributed by atoms with van der Waals surface area (Å²) in [5.41, 5.74) is 1.99. The molecule has 1 aliphatic heterocycles. The fourth-order valence-electron chi connectivity index (χ4n) is 3.09. The van der Waals surface area contributed by atoms with Crippen LogP contribution in [0.3, 0.4) is 0 Å². The van der Waals surface area contributed by atoms with Gasteiger partial charge < -0.3 is 14.2 Å². The first-order valence-corrected chi connectivity index (χ1v) is 9.14. The van der Waals surface area contributed by atoms with E-state index in [4.69, 9.17) is 9.47 Å². The molecule has 2 aromatic carbocycles. The van der Waals surface area contributed by atoms with Crippen LogP contribution in [0.15, 0.2) is 84.3 Å². The van der Waals surface area contributed by atoms with Crippen LogP contribution in [0, 0.1) is 0 Å². The minimum Gasteiger partial charge on any atom is -0.484 e. The van der Waals surface area contributed by atoms with Gasteiger partial charge in [0.05, 0.1) is 18.4 Å². The Morgan fingerprint density at radius 2 is 1.90 bits per heavy atom. The number of amides is 1. The Bertz CT molecular complexity index is 1030. The largest absolute Gasteiger partial charge is 0.484 e. The van der Waals surface area contributed by atoms with Crippen molar-refractivity contribution in [3.63, 3.8) is 0 Å². The second-order valence-corrected chi connectivity index (χ2v) is 6.46. The molecule has 29 heavy (non-hydrogen) atoms. The zero-order valence-electron chi connectivity index (χ0n) is 15.8. The second kappa shape index (κ2) is 8.06. The molecule has 146 valence electrons. The Hall–Kier alpha value is -3.80. The van der Waals surface area contributed by atoms with Gasteiger partial charge in [-0.3, -0.25) is 9.69 Å². The number of hydrogen-bond donors (Lipinski definition) is 0. The Morgan fingerprint density at radius 3 is 2.69 bits per heavy atom. The molecular formula is C23H19NO5. The zero-order chi connectivity index (χ0) is 20.2. The molecule has 0 bridgehead atoms. The number of rotatable bonds is 4. The van der Waals surface area contributed by atoms with Gasteiger partial charge in [-0.25, -0.2) is 4.79 Å². The van der Waals surface area contributed by atoms with Gasteiger partial charge in [-0.1, -0.05) is 24.3 Å². The van der Waals surface area contributed by atoms with Crippen LogP contribution in [-0.2, 0) is 9.53 Å². The fraction of sp³-hybridized carbons (Fsp3) is 0.130. The van der Waals surface area contributed by atoms with E-state index in [2.05, 4.69) is 4.74 Å². The van der Waals surface area contributed by atoms with Gasteiger partial charge in [0, 0.05) is 11.8 Å². The summed E-state index contributed by atoms with van der Waals surface area (Å²) in [6.45, 7) is -0.162. The van der Waals surface area contributed by atoms with Crippen molar-refractivity contribution in [3.05, 3.63) is 89.9 Å². The molecule has 0 saturated carbocycles. The highest BCUT2D eigenvalue weighted by Gasteiger charge is 2.25. The van der Waals surface area contributed by atoms with E-state index in [1.807, 2.05) is 42.5 Å². The van der Waals surface area contributed by atoms with Crippen LogP contribution in [0.4, 0.5) is 5.69 Å².